The van der Waals surface area contributed by atoms with Crippen molar-refractivity contribution in [1.29, 1.82) is 0 Å². The first-order valence-electron chi connectivity index (χ1n) is 10.4. The molecule has 0 saturated carbocycles. The molecule has 0 aliphatic carbocycles. The van der Waals surface area contributed by atoms with E-state index >= 15 is 0 Å². The van der Waals surface area contributed by atoms with Crippen LogP contribution in [-0.2, 0) is 21.2 Å². The van der Waals surface area contributed by atoms with E-state index in [1.165, 1.54) is 26.3 Å². The first-order chi connectivity index (χ1) is 15.6. The predicted octanol–water partition coefficient (Wildman–Crippen LogP) is 3.36. The SMILES string of the molecule is COc1ccc(S(=O)(=O)N(C)CC(=O)Nc2ccc(Cc3noc(C(C)C)n3)cc2)cc1C. The molecule has 0 aliphatic heterocycles. The molecule has 1 amide bonds. The maximum Gasteiger partial charge on any atom is 0.243 e. The molecule has 176 valence electrons. The Morgan fingerprint density at radius 1 is 1.18 bits per heavy atom. The molecule has 0 saturated heterocycles. The summed E-state index contributed by atoms with van der Waals surface area (Å²) in [7, 11) is -0.935. The van der Waals surface area contributed by atoms with Crippen molar-refractivity contribution in [3.63, 3.8) is 0 Å². The average molecular weight is 473 g/mol. The number of likely N-dealkylation sites (N-methyl/N-ethyl adjacent to an activating group) is 1. The fraction of sp³-hybridized carbons (Fsp3) is 0.348. The fourth-order valence-electron chi connectivity index (χ4n) is 3.14. The minimum atomic E-state index is -3.83. The van der Waals surface area contributed by atoms with Crippen LogP contribution in [0.4, 0.5) is 5.69 Å². The van der Waals surface area contributed by atoms with E-state index in [9.17, 15) is 13.2 Å². The highest BCUT2D eigenvalue weighted by Gasteiger charge is 2.23. The van der Waals surface area contributed by atoms with Gasteiger partial charge in [0, 0.05) is 25.1 Å². The Balaban J connectivity index is 1.59. The van der Waals surface area contributed by atoms with Crippen LogP contribution in [-0.4, -0.2) is 49.5 Å². The number of carbonyl (C=O) groups is 1. The van der Waals surface area contributed by atoms with Crippen LogP contribution in [0.15, 0.2) is 51.9 Å². The molecule has 0 fully saturated rings. The fourth-order valence-corrected chi connectivity index (χ4v) is 4.35. The number of nitrogens with one attached hydrogen (secondary N) is 1. The zero-order valence-corrected chi connectivity index (χ0v) is 20.1. The zero-order chi connectivity index (χ0) is 24.2. The number of anilines is 1. The zero-order valence-electron chi connectivity index (χ0n) is 19.3. The Bertz CT molecular complexity index is 1220. The number of ether oxygens (including phenoxy) is 1. The van der Waals surface area contributed by atoms with Gasteiger partial charge >= 0.3 is 0 Å². The molecule has 3 aromatic rings. The number of aromatic nitrogens is 2. The van der Waals surface area contributed by atoms with Crippen molar-refractivity contribution in [3.05, 3.63) is 65.3 Å². The maximum absolute atomic E-state index is 12.8. The summed E-state index contributed by atoms with van der Waals surface area (Å²) in [5, 5.41) is 6.70. The quantitative estimate of drug-likeness (QED) is 0.508. The van der Waals surface area contributed by atoms with Gasteiger partial charge in [0.05, 0.1) is 18.6 Å². The van der Waals surface area contributed by atoms with Crippen LogP contribution in [0, 0.1) is 6.92 Å². The Labute approximate surface area is 193 Å². The third-order valence-corrected chi connectivity index (χ3v) is 6.82. The molecule has 1 heterocycles. The van der Waals surface area contributed by atoms with E-state index in [1.807, 2.05) is 26.0 Å². The van der Waals surface area contributed by atoms with Crippen molar-refractivity contribution >= 4 is 21.6 Å². The Morgan fingerprint density at radius 3 is 2.45 bits per heavy atom. The van der Waals surface area contributed by atoms with Gasteiger partial charge in [-0.15, -0.1) is 0 Å². The number of sulfonamides is 1. The van der Waals surface area contributed by atoms with E-state index in [0.717, 1.165) is 9.87 Å². The largest absolute Gasteiger partial charge is 0.496 e. The highest BCUT2D eigenvalue weighted by Crippen LogP contribution is 2.23. The van der Waals surface area contributed by atoms with Crippen molar-refractivity contribution in [2.24, 2.45) is 0 Å². The molecular formula is C23H28N4O5S. The molecule has 0 atom stereocenters. The van der Waals surface area contributed by atoms with Gasteiger partial charge in [-0.2, -0.15) is 9.29 Å². The molecule has 0 radical (unpaired) electrons. The first-order valence-corrected chi connectivity index (χ1v) is 11.9. The molecule has 10 heteroatoms. The summed E-state index contributed by atoms with van der Waals surface area (Å²) in [4.78, 5) is 16.9. The van der Waals surface area contributed by atoms with Gasteiger partial charge in [0.25, 0.3) is 0 Å². The van der Waals surface area contributed by atoms with Crippen molar-refractivity contribution in [2.75, 3.05) is 26.0 Å². The van der Waals surface area contributed by atoms with E-state index in [1.54, 1.807) is 25.1 Å². The lowest BCUT2D eigenvalue weighted by Gasteiger charge is -2.18. The maximum atomic E-state index is 12.8. The van der Waals surface area contributed by atoms with Crippen LogP contribution in [0.3, 0.4) is 0 Å². The number of carbonyl (C=O) groups excluding carboxylic acids is 1. The number of hydrogen-bond donors (Lipinski definition) is 1. The number of nitrogens with zero attached hydrogens (tertiary/aromatic N) is 3. The van der Waals surface area contributed by atoms with Gasteiger partial charge in [-0.1, -0.05) is 31.1 Å². The molecule has 1 aromatic heterocycles. The van der Waals surface area contributed by atoms with Gasteiger partial charge < -0.3 is 14.6 Å². The summed E-state index contributed by atoms with van der Waals surface area (Å²) in [5.74, 6) is 1.50. The Hall–Kier alpha value is -3.24. The minimum Gasteiger partial charge on any atom is -0.496 e. The predicted molar refractivity (Wildman–Crippen MR) is 124 cm³/mol. The molecule has 33 heavy (non-hydrogen) atoms. The van der Waals surface area contributed by atoms with E-state index in [2.05, 4.69) is 15.5 Å². The monoisotopic (exact) mass is 472 g/mol. The number of benzene rings is 2. The number of aryl methyl sites for hydroxylation is 1. The van der Waals surface area contributed by atoms with Crippen LogP contribution >= 0.6 is 0 Å². The van der Waals surface area contributed by atoms with Crippen molar-refractivity contribution in [3.8, 4) is 5.75 Å². The summed E-state index contributed by atoms with van der Waals surface area (Å²) in [6.45, 7) is 5.40. The molecule has 0 bridgehead atoms. The van der Waals surface area contributed by atoms with E-state index in [-0.39, 0.29) is 17.4 Å². The van der Waals surface area contributed by atoms with Crippen molar-refractivity contribution in [1.82, 2.24) is 14.4 Å². The second-order valence-corrected chi connectivity index (χ2v) is 10.1. The standard InChI is InChI=1S/C23H28N4O5S/c1-15(2)23-25-21(26-32-23)13-17-6-8-18(9-7-17)24-22(28)14-27(4)33(29,30)19-10-11-20(31-5)16(3)12-19/h6-12,15H,13-14H2,1-5H3,(H,24,28). The van der Waals surface area contributed by atoms with Crippen LogP contribution in [0.25, 0.3) is 0 Å². The molecule has 0 spiro atoms. The number of methoxy groups -OCH3 is 1. The van der Waals surface area contributed by atoms with E-state index < -0.39 is 15.9 Å². The van der Waals surface area contributed by atoms with Crippen LogP contribution in [0.1, 0.15) is 42.6 Å². The molecular weight excluding hydrogens is 444 g/mol. The van der Waals surface area contributed by atoms with Crippen LogP contribution in [0.5, 0.6) is 5.75 Å². The van der Waals surface area contributed by atoms with Crippen LogP contribution in [0.2, 0.25) is 0 Å². The highest BCUT2D eigenvalue weighted by atomic mass is 32.2. The third-order valence-electron chi connectivity index (χ3n) is 5.02. The third kappa shape index (κ3) is 5.96. The summed E-state index contributed by atoms with van der Waals surface area (Å²) in [6, 6.07) is 11.8. The first kappa shape index (κ1) is 24.4. The molecule has 2 aromatic carbocycles. The average Bonchev–Trinajstić information content (AvgIpc) is 3.24. The minimum absolute atomic E-state index is 0.0996. The van der Waals surface area contributed by atoms with Gasteiger partial charge in [-0.3, -0.25) is 4.79 Å². The van der Waals surface area contributed by atoms with Crippen LogP contribution < -0.4 is 10.1 Å². The second kappa shape index (κ2) is 10.1. The lowest BCUT2D eigenvalue weighted by Crippen LogP contribution is -2.35. The molecule has 0 unspecified atom stereocenters. The Kier molecular flexibility index (Phi) is 7.50. The molecule has 0 aliphatic rings. The molecule has 9 nitrogen and oxygen atoms in total. The summed E-state index contributed by atoms with van der Waals surface area (Å²) in [5.41, 5.74) is 2.21. The Morgan fingerprint density at radius 2 is 1.88 bits per heavy atom. The summed E-state index contributed by atoms with van der Waals surface area (Å²) in [6.07, 6.45) is 0.507. The lowest BCUT2D eigenvalue weighted by atomic mass is 10.1. The van der Waals surface area contributed by atoms with Gasteiger partial charge in [-0.25, -0.2) is 8.42 Å². The smallest absolute Gasteiger partial charge is 0.243 e. The normalized spacial score (nSPS) is 11.7. The van der Waals surface area contributed by atoms with Gasteiger partial charge in [0.2, 0.25) is 21.8 Å². The van der Waals surface area contributed by atoms with Crippen molar-refractivity contribution < 1.29 is 22.5 Å². The summed E-state index contributed by atoms with van der Waals surface area (Å²) >= 11 is 0. The molecule has 3 rings (SSSR count). The number of rotatable bonds is 9. The van der Waals surface area contributed by atoms with Gasteiger partial charge in [0.15, 0.2) is 5.82 Å². The topological polar surface area (TPSA) is 115 Å². The highest BCUT2D eigenvalue weighted by molar-refractivity contribution is 7.89. The summed E-state index contributed by atoms with van der Waals surface area (Å²) < 4.78 is 37.0. The van der Waals surface area contributed by atoms with E-state index in [4.69, 9.17) is 9.26 Å². The molecule has 1 N–H and O–H groups in total. The van der Waals surface area contributed by atoms with Crippen molar-refractivity contribution in [2.45, 2.75) is 38.0 Å². The number of amides is 1. The second-order valence-electron chi connectivity index (χ2n) is 8.02. The van der Waals surface area contributed by atoms with Gasteiger partial charge in [-0.05, 0) is 48.4 Å². The lowest BCUT2D eigenvalue weighted by molar-refractivity contribution is -0.116. The number of hydrogen-bond acceptors (Lipinski definition) is 7. The van der Waals surface area contributed by atoms with Gasteiger partial charge in [0.1, 0.15) is 5.75 Å². The van der Waals surface area contributed by atoms with E-state index in [0.29, 0.717) is 35.1 Å².